The minimum Gasteiger partial charge on any atom is -0.336 e. The van der Waals surface area contributed by atoms with E-state index < -0.39 is 5.82 Å². The van der Waals surface area contributed by atoms with Crippen LogP contribution in [0, 0.1) is 5.82 Å². The molecule has 0 saturated carbocycles. The van der Waals surface area contributed by atoms with Crippen molar-refractivity contribution in [3.8, 4) is 0 Å². The molecule has 1 aromatic rings. The first-order valence-electron chi connectivity index (χ1n) is 5.66. The van der Waals surface area contributed by atoms with Crippen LogP contribution in [0.1, 0.15) is 17.3 Å². The lowest BCUT2D eigenvalue weighted by atomic mass is 10.1. The van der Waals surface area contributed by atoms with E-state index >= 15 is 0 Å². The van der Waals surface area contributed by atoms with E-state index in [1.54, 1.807) is 4.90 Å². The molecule has 1 aliphatic rings. The SMILES string of the molecule is CC1CN(C(=O)c2cc(F)c(Cl)cc2Cl)CCN1.Cl. The number of amides is 1. The number of nitrogens with one attached hydrogen (secondary N) is 1. The smallest absolute Gasteiger partial charge is 0.255 e. The Morgan fingerprint density at radius 1 is 1.42 bits per heavy atom. The van der Waals surface area contributed by atoms with Crippen molar-refractivity contribution in [2.24, 2.45) is 0 Å². The van der Waals surface area contributed by atoms with Crippen molar-refractivity contribution in [1.82, 2.24) is 10.2 Å². The highest BCUT2D eigenvalue weighted by atomic mass is 35.5. The van der Waals surface area contributed by atoms with Gasteiger partial charge in [0.1, 0.15) is 5.82 Å². The van der Waals surface area contributed by atoms with Crippen molar-refractivity contribution in [2.45, 2.75) is 13.0 Å². The zero-order valence-electron chi connectivity index (χ0n) is 10.3. The van der Waals surface area contributed by atoms with Crippen molar-refractivity contribution in [3.05, 3.63) is 33.6 Å². The summed E-state index contributed by atoms with van der Waals surface area (Å²) in [4.78, 5) is 13.9. The maximum atomic E-state index is 13.4. The first-order valence-corrected chi connectivity index (χ1v) is 6.42. The van der Waals surface area contributed by atoms with E-state index in [-0.39, 0.29) is 40.0 Å². The van der Waals surface area contributed by atoms with Gasteiger partial charge in [0, 0.05) is 25.7 Å². The van der Waals surface area contributed by atoms with Gasteiger partial charge in [-0.3, -0.25) is 4.79 Å². The molecule has 1 aromatic carbocycles. The molecule has 1 atom stereocenters. The molecule has 3 nitrogen and oxygen atoms in total. The number of hydrogen-bond donors (Lipinski definition) is 1. The second-order valence-electron chi connectivity index (χ2n) is 4.35. The topological polar surface area (TPSA) is 32.3 Å². The molecule has 106 valence electrons. The van der Waals surface area contributed by atoms with E-state index in [2.05, 4.69) is 5.32 Å². The monoisotopic (exact) mass is 326 g/mol. The second kappa shape index (κ2) is 6.75. The van der Waals surface area contributed by atoms with Gasteiger partial charge in [0.05, 0.1) is 15.6 Å². The highest BCUT2D eigenvalue weighted by Crippen LogP contribution is 2.25. The Balaban J connectivity index is 0.00000180. The van der Waals surface area contributed by atoms with Crippen LogP contribution in [0.25, 0.3) is 0 Å². The first kappa shape index (κ1) is 16.5. The number of halogens is 4. The van der Waals surface area contributed by atoms with Gasteiger partial charge in [0.15, 0.2) is 0 Å². The fraction of sp³-hybridized carbons (Fsp3) is 0.417. The van der Waals surface area contributed by atoms with Gasteiger partial charge in [-0.25, -0.2) is 4.39 Å². The maximum absolute atomic E-state index is 13.4. The van der Waals surface area contributed by atoms with Gasteiger partial charge in [-0.15, -0.1) is 12.4 Å². The minimum absolute atomic E-state index is 0. The third-order valence-electron chi connectivity index (χ3n) is 2.90. The molecule has 1 amide bonds. The highest BCUT2D eigenvalue weighted by Gasteiger charge is 2.24. The maximum Gasteiger partial charge on any atom is 0.255 e. The van der Waals surface area contributed by atoms with E-state index in [0.29, 0.717) is 13.1 Å². The predicted molar refractivity (Wildman–Crippen MR) is 77.0 cm³/mol. The molecule has 7 heteroatoms. The van der Waals surface area contributed by atoms with Crippen molar-refractivity contribution < 1.29 is 9.18 Å². The van der Waals surface area contributed by atoms with Gasteiger partial charge in [-0.05, 0) is 19.1 Å². The third kappa shape index (κ3) is 3.72. The van der Waals surface area contributed by atoms with Crippen LogP contribution < -0.4 is 5.32 Å². The lowest BCUT2D eigenvalue weighted by Gasteiger charge is -2.32. The Bertz CT molecular complexity index is 484. The molecule has 1 aliphatic heterocycles. The molecular formula is C12H14Cl3FN2O. The fourth-order valence-corrected chi connectivity index (χ4v) is 2.44. The number of nitrogens with zero attached hydrogens (tertiary/aromatic N) is 1. The molecule has 1 saturated heterocycles. The van der Waals surface area contributed by atoms with E-state index in [9.17, 15) is 9.18 Å². The summed E-state index contributed by atoms with van der Waals surface area (Å²) in [6.45, 7) is 3.88. The van der Waals surface area contributed by atoms with Gasteiger partial charge in [-0.1, -0.05) is 23.2 Å². The lowest BCUT2D eigenvalue weighted by molar-refractivity contribution is 0.0709. The van der Waals surface area contributed by atoms with E-state index in [1.165, 1.54) is 6.07 Å². The second-order valence-corrected chi connectivity index (χ2v) is 5.17. The number of rotatable bonds is 1. The molecule has 0 spiro atoms. The predicted octanol–water partition coefficient (Wildman–Crippen LogP) is 2.99. The van der Waals surface area contributed by atoms with Crippen LogP contribution >= 0.6 is 35.6 Å². The summed E-state index contributed by atoms with van der Waals surface area (Å²) >= 11 is 11.5. The average Bonchev–Trinajstić information content (AvgIpc) is 2.33. The molecular weight excluding hydrogens is 314 g/mol. The number of hydrogen-bond acceptors (Lipinski definition) is 2. The molecule has 0 aliphatic carbocycles. The van der Waals surface area contributed by atoms with Crippen LogP contribution in [0.4, 0.5) is 4.39 Å². The highest BCUT2D eigenvalue weighted by molar-refractivity contribution is 6.36. The van der Waals surface area contributed by atoms with E-state index in [1.807, 2.05) is 6.92 Å². The molecule has 0 aromatic heterocycles. The molecule has 1 unspecified atom stereocenters. The first-order chi connectivity index (χ1) is 8.49. The summed E-state index contributed by atoms with van der Waals surface area (Å²) in [6, 6.07) is 2.58. The molecule has 19 heavy (non-hydrogen) atoms. The third-order valence-corrected chi connectivity index (χ3v) is 3.50. The largest absolute Gasteiger partial charge is 0.336 e. The Morgan fingerprint density at radius 3 is 2.74 bits per heavy atom. The van der Waals surface area contributed by atoms with Crippen LogP contribution in [0.2, 0.25) is 10.0 Å². The minimum atomic E-state index is -0.632. The Labute approximate surface area is 127 Å². The van der Waals surface area contributed by atoms with Crippen molar-refractivity contribution in [3.63, 3.8) is 0 Å². The molecule has 2 rings (SSSR count). The Hall–Kier alpha value is -0.550. The quantitative estimate of drug-likeness (QED) is 0.804. The van der Waals surface area contributed by atoms with Gasteiger partial charge < -0.3 is 10.2 Å². The Kier molecular flexibility index (Phi) is 5.86. The van der Waals surface area contributed by atoms with E-state index in [0.717, 1.165) is 12.6 Å². The molecule has 1 N–H and O–H groups in total. The van der Waals surface area contributed by atoms with Crippen LogP contribution in [0.5, 0.6) is 0 Å². The van der Waals surface area contributed by atoms with Crippen LogP contribution in [-0.2, 0) is 0 Å². The molecule has 1 heterocycles. The standard InChI is InChI=1S/C12H13Cl2FN2O.ClH/c1-7-6-17(3-2-16-7)12(18)8-4-11(15)10(14)5-9(8)13;/h4-5,7,16H,2-3,6H2,1H3;1H. The molecule has 0 radical (unpaired) electrons. The van der Waals surface area contributed by atoms with Gasteiger partial charge in [0.2, 0.25) is 0 Å². The number of piperazine rings is 1. The molecule has 0 bridgehead atoms. The summed E-state index contributed by atoms with van der Waals surface area (Å²) in [5.41, 5.74) is 0.160. The zero-order valence-corrected chi connectivity index (χ0v) is 12.6. The van der Waals surface area contributed by atoms with Crippen molar-refractivity contribution in [1.29, 1.82) is 0 Å². The number of carbonyl (C=O) groups is 1. The summed E-state index contributed by atoms with van der Waals surface area (Å²) in [5, 5.41) is 3.33. The zero-order chi connectivity index (χ0) is 13.3. The summed E-state index contributed by atoms with van der Waals surface area (Å²) in [7, 11) is 0. The van der Waals surface area contributed by atoms with Gasteiger partial charge in [-0.2, -0.15) is 0 Å². The van der Waals surface area contributed by atoms with Crippen LogP contribution in [0.15, 0.2) is 12.1 Å². The normalized spacial score (nSPS) is 18.9. The van der Waals surface area contributed by atoms with Crippen LogP contribution in [-0.4, -0.2) is 36.5 Å². The summed E-state index contributed by atoms with van der Waals surface area (Å²) in [6.07, 6.45) is 0. The lowest BCUT2D eigenvalue weighted by Crippen LogP contribution is -2.51. The van der Waals surface area contributed by atoms with Gasteiger partial charge in [0.25, 0.3) is 5.91 Å². The summed E-state index contributed by atoms with van der Waals surface area (Å²) < 4.78 is 13.4. The number of benzene rings is 1. The van der Waals surface area contributed by atoms with Crippen molar-refractivity contribution >= 4 is 41.5 Å². The van der Waals surface area contributed by atoms with Gasteiger partial charge >= 0.3 is 0 Å². The van der Waals surface area contributed by atoms with Crippen LogP contribution in [0.3, 0.4) is 0 Å². The van der Waals surface area contributed by atoms with E-state index in [4.69, 9.17) is 23.2 Å². The molecule has 1 fully saturated rings. The fourth-order valence-electron chi connectivity index (χ4n) is 1.97. The van der Waals surface area contributed by atoms with Crippen molar-refractivity contribution in [2.75, 3.05) is 19.6 Å². The number of carbonyl (C=O) groups excluding carboxylic acids is 1. The summed E-state index contributed by atoms with van der Waals surface area (Å²) in [5.74, 6) is -0.892. The average molecular weight is 328 g/mol. The Morgan fingerprint density at radius 2 is 2.11 bits per heavy atom.